The van der Waals surface area contributed by atoms with Crippen LogP contribution in [0.25, 0.3) is 0 Å². The minimum Gasteiger partial charge on any atom is -0.382 e. The highest BCUT2D eigenvalue weighted by Gasteiger charge is 2.29. The number of rotatable bonds is 5. The van der Waals surface area contributed by atoms with Crippen LogP contribution in [0.5, 0.6) is 0 Å². The minimum absolute atomic E-state index is 0.230. The first-order valence-electron chi connectivity index (χ1n) is 5.68. The molecule has 0 bridgehead atoms. The fourth-order valence-electron chi connectivity index (χ4n) is 1.62. The van der Waals surface area contributed by atoms with Crippen LogP contribution in [0.3, 0.4) is 0 Å². The van der Waals surface area contributed by atoms with Gasteiger partial charge in [0, 0.05) is 19.1 Å². The van der Waals surface area contributed by atoms with Gasteiger partial charge in [0.05, 0.1) is 0 Å². The molecular weight excluding hydrogens is 200 g/mol. The molecule has 1 rings (SSSR count). The first-order valence-corrected chi connectivity index (χ1v) is 5.68. The van der Waals surface area contributed by atoms with Gasteiger partial charge in [0.15, 0.2) is 0 Å². The van der Waals surface area contributed by atoms with Gasteiger partial charge < -0.3 is 15.7 Å². The van der Waals surface area contributed by atoms with Gasteiger partial charge in [-0.15, -0.1) is 0 Å². The summed E-state index contributed by atoms with van der Waals surface area (Å²) >= 11 is 0. The van der Waals surface area contributed by atoms with Gasteiger partial charge >= 0.3 is 0 Å². The molecule has 3 N–H and O–H groups in total. The summed E-state index contributed by atoms with van der Waals surface area (Å²) in [6.07, 6.45) is 0. The number of nitrogens with two attached hydrogens (primary N) is 1. The molecule has 16 heavy (non-hydrogen) atoms. The molecule has 1 unspecified atom stereocenters. The molecule has 90 valence electrons. The SMILES string of the molecule is CC(C)N(C)CC(O)(CN)c1ccccc1. The Bertz CT molecular complexity index is 313. The first kappa shape index (κ1) is 13.2. The van der Waals surface area contributed by atoms with Crippen LogP contribution >= 0.6 is 0 Å². The minimum atomic E-state index is -0.958. The highest BCUT2D eigenvalue weighted by Crippen LogP contribution is 2.21. The van der Waals surface area contributed by atoms with Crippen molar-refractivity contribution in [3.05, 3.63) is 35.9 Å². The molecule has 0 aromatic heterocycles. The van der Waals surface area contributed by atoms with Gasteiger partial charge in [0.2, 0.25) is 0 Å². The van der Waals surface area contributed by atoms with E-state index in [1.54, 1.807) is 0 Å². The predicted molar refractivity (Wildman–Crippen MR) is 67.2 cm³/mol. The van der Waals surface area contributed by atoms with Gasteiger partial charge in [0.1, 0.15) is 5.60 Å². The number of nitrogens with zero attached hydrogens (tertiary/aromatic N) is 1. The van der Waals surface area contributed by atoms with Crippen molar-refractivity contribution in [1.29, 1.82) is 0 Å². The van der Waals surface area contributed by atoms with E-state index in [9.17, 15) is 5.11 Å². The van der Waals surface area contributed by atoms with Crippen molar-refractivity contribution in [2.45, 2.75) is 25.5 Å². The number of hydrogen-bond donors (Lipinski definition) is 2. The van der Waals surface area contributed by atoms with Crippen LogP contribution in [-0.4, -0.2) is 36.2 Å². The standard InChI is InChI=1S/C13H22N2O/c1-11(2)15(3)10-13(16,9-14)12-7-5-4-6-8-12/h4-8,11,16H,9-10,14H2,1-3H3. The molecule has 0 radical (unpaired) electrons. The fourth-order valence-corrected chi connectivity index (χ4v) is 1.62. The Morgan fingerprint density at radius 3 is 2.31 bits per heavy atom. The molecule has 1 aromatic rings. The summed E-state index contributed by atoms with van der Waals surface area (Å²) in [7, 11) is 1.99. The Hall–Kier alpha value is -0.900. The largest absolute Gasteiger partial charge is 0.382 e. The third-order valence-corrected chi connectivity index (χ3v) is 3.04. The number of benzene rings is 1. The van der Waals surface area contributed by atoms with Crippen molar-refractivity contribution in [2.24, 2.45) is 5.73 Å². The van der Waals surface area contributed by atoms with E-state index in [0.717, 1.165) is 5.56 Å². The third-order valence-electron chi connectivity index (χ3n) is 3.04. The zero-order chi connectivity index (χ0) is 12.2. The molecule has 1 atom stereocenters. The summed E-state index contributed by atoms with van der Waals surface area (Å²) < 4.78 is 0. The van der Waals surface area contributed by atoms with Crippen LogP contribution < -0.4 is 5.73 Å². The molecule has 0 saturated carbocycles. The van der Waals surface area contributed by atoms with E-state index in [-0.39, 0.29) is 6.54 Å². The van der Waals surface area contributed by atoms with Crippen LogP contribution in [-0.2, 0) is 5.60 Å². The van der Waals surface area contributed by atoms with Gasteiger partial charge in [-0.25, -0.2) is 0 Å². The Labute approximate surface area is 97.9 Å². The van der Waals surface area contributed by atoms with E-state index in [4.69, 9.17) is 5.73 Å². The Morgan fingerprint density at radius 2 is 1.88 bits per heavy atom. The van der Waals surface area contributed by atoms with Crippen LogP contribution in [0.1, 0.15) is 19.4 Å². The van der Waals surface area contributed by atoms with Crippen LogP contribution in [0.15, 0.2) is 30.3 Å². The molecule has 0 amide bonds. The quantitative estimate of drug-likeness (QED) is 0.786. The van der Waals surface area contributed by atoms with E-state index >= 15 is 0 Å². The molecule has 0 aliphatic heterocycles. The lowest BCUT2D eigenvalue weighted by molar-refractivity contribution is 0.00641. The maximum Gasteiger partial charge on any atom is 0.114 e. The van der Waals surface area contributed by atoms with Crippen LogP contribution in [0, 0.1) is 0 Å². The molecule has 3 nitrogen and oxygen atoms in total. The van der Waals surface area contributed by atoms with Crippen molar-refractivity contribution in [3.8, 4) is 0 Å². The lowest BCUT2D eigenvalue weighted by Gasteiger charge is -2.33. The van der Waals surface area contributed by atoms with Crippen molar-refractivity contribution in [3.63, 3.8) is 0 Å². The first-order chi connectivity index (χ1) is 7.49. The number of likely N-dealkylation sites (N-methyl/N-ethyl adjacent to an activating group) is 1. The number of hydrogen-bond acceptors (Lipinski definition) is 3. The van der Waals surface area contributed by atoms with Crippen molar-refractivity contribution < 1.29 is 5.11 Å². The summed E-state index contributed by atoms with van der Waals surface area (Å²) in [6.45, 7) is 4.98. The summed E-state index contributed by atoms with van der Waals surface area (Å²) in [5.41, 5.74) is 5.63. The second-order valence-electron chi connectivity index (χ2n) is 4.61. The third kappa shape index (κ3) is 3.04. The second kappa shape index (κ2) is 5.43. The van der Waals surface area contributed by atoms with Crippen molar-refractivity contribution >= 4 is 0 Å². The van der Waals surface area contributed by atoms with Gasteiger partial charge in [-0.05, 0) is 26.5 Å². The average Bonchev–Trinajstić information content (AvgIpc) is 2.29. The predicted octanol–water partition coefficient (Wildman–Crippen LogP) is 1.17. The maximum absolute atomic E-state index is 10.5. The molecule has 0 saturated heterocycles. The summed E-state index contributed by atoms with van der Waals surface area (Å²) in [5.74, 6) is 0. The summed E-state index contributed by atoms with van der Waals surface area (Å²) in [6, 6.07) is 10.0. The number of aliphatic hydroxyl groups is 1. The Morgan fingerprint density at radius 1 is 1.31 bits per heavy atom. The van der Waals surface area contributed by atoms with Gasteiger partial charge in [-0.3, -0.25) is 0 Å². The highest BCUT2D eigenvalue weighted by atomic mass is 16.3. The lowest BCUT2D eigenvalue weighted by atomic mass is 9.93. The zero-order valence-corrected chi connectivity index (χ0v) is 10.4. The zero-order valence-electron chi connectivity index (χ0n) is 10.4. The van der Waals surface area contributed by atoms with Gasteiger partial charge in [-0.1, -0.05) is 30.3 Å². The molecule has 0 heterocycles. The average molecular weight is 222 g/mol. The molecular formula is C13H22N2O. The monoisotopic (exact) mass is 222 g/mol. The molecule has 0 spiro atoms. The van der Waals surface area contributed by atoms with Gasteiger partial charge in [-0.2, -0.15) is 0 Å². The maximum atomic E-state index is 10.5. The van der Waals surface area contributed by atoms with E-state index in [1.807, 2.05) is 37.4 Å². The highest BCUT2D eigenvalue weighted by molar-refractivity contribution is 5.23. The van der Waals surface area contributed by atoms with Gasteiger partial charge in [0.25, 0.3) is 0 Å². The summed E-state index contributed by atoms with van der Waals surface area (Å²) in [4.78, 5) is 2.10. The molecule has 0 aliphatic rings. The second-order valence-corrected chi connectivity index (χ2v) is 4.61. The molecule has 3 heteroatoms. The Kier molecular flexibility index (Phi) is 4.47. The topological polar surface area (TPSA) is 49.5 Å². The van der Waals surface area contributed by atoms with Crippen molar-refractivity contribution in [2.75, 3.05) is 20.1 Å². The lowest BCUT2D eigenvalue weighted by Crippen LogP contribution is -2.46. The van der Waals surface area contributed by atoms with Crippen LogP contribution in [0.2, 0.25) is 0 Å². The molecule has 1 aromatic carbocycles. The molecule has 0 aliphatic carbocycles. The van der Waals surface area contributed by atoms with E-state index in [0.29, 0.717) is 12.6 Å². The molecule has 0 fully saturated rings. The van der Waals surface area contributed by atoms with Crippen LogP contribution in [0.4, 0.5) is 0 Å². The van der Waals surface area contributed by atoms with E-state index in [1.165, 1.54) is 0 Å². The van der Waals surface area contributed by atoms with E-state index in [2.05, 4.69) is 18.7 Å². The fraction of sp³-hybridized carbons (Fsp3) is 0.538. The van der Waals surface area contributed by atoms with Crippen molar-refractivity contribution in [1.82, 2.24) is 4.90 Å². The Balaban J connectivity index is 2.86. The van der Waals surface area contributed by atoms with E-state index < -0.39 is 5.60 Å². The summed E-state index contributed by atoms with van der Waals surface area (Å²) in [5, 5.41) is 10.5. The smallest absolute Gasteiger partial charge is 0.114 e. The normalized spacial score (nSPS) is 15.4.